The Morgan fingerprint density at radius 2 is 2.03 bits per heavy atom. The van der Waals surface area contributed by atoms with Gasteiger partial charge < -0.3 is 18.9 Å². The molecule has 0 saturated heterocycles. The lowest BCUT2D eigenvalue weighted by Crippen LogP contribution is -2.25. The number of anilines is 2. The lowest BCUT2D eigenvalue weighted by atomic mass is 9.92. The van der Waals surface area contributed by atoms with Crippen molar-refractivity contribution in [3.05, 3.63) is 64.6 Å². The van der Waals surface area contributed by atoms with Gasteiger partial charge in [0.1, 0.15) is 6.73 Å². The summed E-state index contributed by atoms with van der Waals surface area (Å²) in [6.45, 7) is 3.45. The van der Waals surface area contributed by atoms with E-state index in [0.717, 1.165) is 30.5 Å². The topological polar surface area (TPSA) is 61.5 Å². The first-order valence-electron chi connectivity index (χ1n) is 12.5. The first kappa shape index (κ1) is 26.2. The van der Waals surface area contributed by atoms with Gasteiger partial charge in [0, 0.05) is 60.5 Å². The van der Waals surface area contributed by atoms with E-state index in [4.69, 9.17) is 21.1 Å². The Morgan fingerprint density at radius 3 is 2.71 bits per heavy atom. The number of aryl methyl sites for hydroxylation is 2. The maximum absolute atomic E-state index is 14.3. The zero-order chi connectivity index (χ0) is 27.0. The first-order valence-corrected chi connectivity index (χ1v) is 12.9. The van der Waals surface area contributed by atoms with Gasteiger partial charge in [-0.2, -0.15) is 5.10 Å². The molecule has 3 heterocycles. The Labute approximate surface area is 224 Å². The SMILES string of the molecule is CCCOCn1cc(C(=O)OC)c2cc(N3CCCc4cc(-c5cnn(C)c5)c(C(F)F)cc43)cc(Cl)c21. The lowest BCUT2D eigenvalue weighted by Gasteiger charge is -2.33. The van der Waals surface area contributed by atoms with Gasteiger partial charge in [-0.15, -0.1) is 0 Å². The molecule has 0 radical (unpaired) electrons. The second-order valence-electron chi connectivity index (χ2n) is 9.39. The number of alkyl halides is 2. The molecule has 0 bridgehead atoms. The molecule has 2 aromatic heterocycles. The van der Waals surface area contributed by atoms with Gasteiger partial charge in [-0.25, -0.2) is 13.6 Å². The van der Waals surface area contributed by atoms with E-state index in [9.17, 15) is 13.6 Å². The normalized spacial score (nSPS) is 13.4. The fourth-order valence-electron chi connectivity index (χ4n) is 5.12. The van der Waals surface area contributed by atoms with Crippen molar-refractivity contribution in [1.82, 2.24) is 14.3 Å². The Morgan fingerprint density at radius 1 is 1.21 bits per heavy atom. The number of benzene rings is 2. The highest BCUT2D eigenvalue weighted by Crippen LogP contribution is 2.43. The van der Waals surface area contributed by atoms with Crippen LogP contribution in [-0.2, 0) is 29.7 Å². The van der Waals surface area contributed by atoms with Crippen molar-refractivity contribution in [2.24, 2.45) is 7.05 Å². The van der Waals surface area contributed by atoms with Crippen LogP contribution in [0.3, 0.4) is 0 Å². The maximum atomic E-state index is 14.3. The molecular formula is C28H29ClF2N4O3. The fourth-order valence-corrected chi connectivity index (χ4v) is 5.44. The van der Waals surface area contributed by atoms with Crippen molar-refractivity contribution < 1.29 is 23.0 Å². The summed E-state index contributed by atoms with van der Waals surface area (Å²) in [5.74, 6) is -0.488. The molecule has 2 aromatic carbocycles. The van der Waals surface area contributed by atoms with Gasteiger partial charge in [-0.3, -0.25) is 4.68 Å². The Balaban J connectivity index is 1.63. The number of methoxy groups -OCH3 is 1. The van der Waals surface area contributed by atoms with E-state index >= 15 is 0 Å². The van der Waals surface area contributed by atoms with Gasteiger partial charge in [-0.05, 0) is 54.7 Å². The minimum atomic E-state index is -2.66. The van der Waals surface area contributed by atoms with Crippen LogP contribution >= 0.6 is 11.6 Å². The van der Waals surface area contributed by atoms with Crippen LogP contribution in [0.15, 0.2) is 42.9 Å². The quantitative estimate of drug-likeness (QED) is 0.179. The molecule has 1 aliphatic rings. The van der Waals surface area contributed by atoms with Crippen LogP contribution in [0.5, 0.6) is 0 Å². The number of aromatic nitrogens is 3. The molecule has 0 fully saturated rings. The predicted octanol–water partition coefficient (Wildman–Crippen LogP) is 6.89. The van der Waals surface area contributed by atoms with E-state index in [1.54, 1.807) is 41.0 Å². The zero-order valence-corrected chi connectivity index (χ0v) is 22.3. The van der Waals surface area contributed by atoms with Crippen LogP contribution in [0.4, 0.5) is 20.2 Å². The van der Waals surface area contributed by atoms with Gasteiger partial charge >= 0.3 is 5.97 Å². The Hall–Kier alpha value is -3.43. The van der Waals surface area contributed by atoms with E-state index in [1.807, 2.05) is 30.0 Å². The number of carbonyl (C=O) groups excluding carboxylic acids is 1. The molecule has 5 rings (SSSR count). The molecule has 4 aromatic rings. The van der Waals surface area contributed by atoms with Crippen molar-refractivity contribution in [3.8, 4) is 11.1 Å². The number of fused-ring (bicyclic) bond motifs is 2. The third-order valence-corrected chi connectivity index (χ3v) is 7.11. The third kappa shape index (κ3) is 4.76. The average Bonchev–Trinajstić information content (AvgIpc) is 3.51. The van der Waals surface area contributed by atoms with Crippen LogP contribution in [-0.4, -0.2) is 40.6 Å². The Bertz CT molecular complexity index is 1500. The molecule has 0 saturated carbocycles. The summed E-state index contributed by atoms with van der Waals surface area (Å²) in [7, 11) is 3.09. The molecule has 0 aliphatic carbocycles. The second kappa shape index (κ2) is 10.7. The molecule has 0 atom stereocenters. The highest BCUT2D eigenvalue weighted by molar-refractivity contribution is 6.36. The number of ether oxygens (including phenoxy) is 2. The largest absolute Gasteiger partial charge is 0.465 e. The first-order chi connectivity index (χ1) is 18.3. The summed E-state index contributed by atoms with van der Waals surface area (Å²) < 4.78 is 42.7. The van der Waals surface area contributed by atoms with Crippen molar-refractivity contribution in [3.63, 3.8) is 0 Å². The summed E-state index contributed by atoms with van der Waals surface area (Å²) in [4.78, 5) is 14.6. The molecule has 200 valence electrons. The van der Waals surface area contributed by atoms with E-state index in [0.29, 0.717) is 51.5 Å². The van der Waals surface area contributed by atoms with Gasteiger partial charge in [0.05, 0.1) is 29.4 Å². The highest BCUT2D eigenvalue weighted by Gasteiger charge is 2.26. The van der Waals surface area contributed by atoms with E-state index in [2.05, 4.69) is 5.10 Å². The lowest BCUT2D eigenvalue weighted by molar-refractivity contribution is 0.0600. The second-order valence-corrected chi connectivity index (χ2v) is 9.80. The smallest absolute Gasteiger partial charge is 0.340 e. The number of carbonyl (C=O) groups is 1. The number of hydrogen-bond donors (Lipinski definition) is 0. The van der Waals surface area contributed by atoms with Crippen LogP contribution in [0.2, 0.25) is 5.02 Å². The highest BCUT2D eigenvalue weighted by atomic mass is 35.5. The van der Waals surface area contributed by atoms with Gasteiger partial charge in [0.15, 0.2) is 0 Å². The van der Waals surface area contributed by atoms with Crippen molar-refractivity contribution in [2.45, 2.75) is 39.3 Å². The molecular weight excluding hydrogens is 514 g/mol. The van der Waals surface area contributed by atoms with E-state index < -0.39 is 12.4 Å². The molecule has 0 amide bonds. The Kier molecular flexibility index (Phi) is 7.40. The number of nitrogens with zero attached hydrogens (tertiary/aromatic N) is 4. The summed E-state index contributed by atoms with van der Waals surface area (Å²) in [6.07, 6.45) is 4.82. The summed E-state index contributed by atoms with van der Waals surface area (Å²) in [5.41, 5.74) is 4.50. The van der Waals surface area contributed by atoms with Crippen LogP contribution < -0.4 is 4.90 Å². The molecule has 38 heavy (non-hydrogen) atoms. The molecule has 7 nitrogen and oxygen atoms in total. The van der Waals surface area contributed by atoms with Gasteiger partial charge in [0.2, 0.25) is 0 Å². The molecule has 0 spiro atoms. The monoisotopic (exact) mass is 542 g/mol. The van der Waals surface area contributed by atoms with Crippen LogP contribution in [0, 0.1) is 0 Å². The summed E-state index contributed by atoms with van der Waals surface area (Å²) in [5, 5.41) is 5.21. The molecule has 0 unspecified atom stereocenters. The zero-order valence-electron chi connectivity index (χ0n) is 21.5. The molecule has 10 heteroatoms. The van der Waals surface area contributed by atoms with Crippen molar-refractivity contribution in [1.29, 1.82) is 0 Å². The van der Waals surface area contributed by atoms with Crippen LogP contribution in [0.25, 0.3) is 22.0 Å². The minimum Gasteiger partial charge on any atom is -0.465 e. The van der Waals surface area contributed by atoms with Gasteiger partial charge in [0.25, 0.3) is 6.43 Å². The average molecular weight is 543 g/mol. The summed E-state index contributed by atoms with van der Waals surface area (Å²) in [6, 6.07) is 7.11. The maximum Gasteiger partial charge on any atom is 0.340 e. The third-order valence-electron chi connectivity index (χ3n) is 6.83. The minimum absolute atomic E-state index is 0.0506. The summed E-state index contributed by atoms with van der Waals surface area (Å²) >= 11 is 6.79. The standard InChI is InChI=1S/C28H29ClF2N4O3/c1-4-8-38-16-34-15-23(28(36)37-3)21-10-19(11-24(29)26(21)34)35-7-5-6-17-9-20(18-13-32-33(2)14-18)22(27(30)31)12-25(17)35/h9-15,27H,4-8,16H2,1-3H3. The van der Waals surface area contributed by atoms with E-state index in [1.165, 1.54) is 7.11 Å². The van der Waals surface area contributed by atoms with Crippen molar-refractivity contribution >= 4 is 39.8 Å². The van der Waals surface area contributed by atoms with Crippen LogP contribution in [0.1, 0.15) is 47.7 Å². The number of rotatable bonds is 8. The predicted molar refractivity (Wildman–Crippen MR) is 143 cm³/mol. The van der Waals surface area contributed by atoms with Crippen molar-refractivity contribution in [2.75, 3.05) is 25.2 Å². The molecule has 1 aliphatic heterocycles. The number of hydrogen-bond acceptors (Lipinski definition) is 5. The van der Waals surface area contributed by atoms with E-state index in [-0.39, 0.29) is 12.3 Å². The fraction of sp³-hybridized carbons (Fsp3) is 0.357. The number of halogens is 3. The number of esters is 1. The van der Waals surface area contributed by atoms with Gasteiger partial charge in [-0.1, -0.05) is 18.5 Å². The molecule has 0 N–H and O–H groups in total.